The van der Waals surface area contributed by atoms with Gasteiger partial charge < -0.3 is 5.32 Å². The number of hydrogen-bond donors (Lipinski definition) is 1. The largest absolute Gasteiger partial charge is 0.386 e. The van der Waals surface area contributed by atoms with Crippen molar-refractivity contribution in [2.24, 2.45) is 5.92 Å². The molecule has 1 nitrogen and oxygen atoms in total. The highest BCUT2D eigenvalue weighted by molar-refractivity contribution is 14.1. The van der Waals surface area contributed by atoms with Gasteiger partial charge in [0.15, 0.2) is 0 Å². The Labute approximate surface area is 173 Å². The van der Waals surface area contributed by atoms with Gasteiger partial charge in [-0.1, -0.05) is 37.6 Å². The fraction of sp³-hybridized carbons (Fsp3) is 0.429. The average Bonchev–Trinajstić information content (AvgIpc) is 2.62. The van der Waals surface area contributed by atoms with Crippen LogP contribution in [-0.2, 0) is 0 Å². The zero-order valence-electron chi connectivity index (χ0n) is 14.4. The Kier molecular flexibility index (Phi) is 6.46. The molecule has 0 unspecified atom stereocenters. The Balaban J connectivity index is 1.78. The second-order valence-corrected chi connectivity index (χ2v) is 9.14. The van der Waals surface area contributed by atoms with E-state index in [1.54, 1.807) is 0 Å². The van der Waals surface area contributed by atoms with E-state index >= 15 is 0 Å². The fourth-order valence-corrected chi connectivity index (χ4v) is 6.14. The van der Waals surface area contributed by atoms with Crippen molar-refractivity contribution in [3.05, 3.63) is 49.1 Å². The SMILES string of the molecule is CCC1CCC(c2ccc(-c3cc(I)c(NC)c(I)c3)cc2)CC1. The molecule has 0 radical (unpaired) electrons. The molecule has 1 saturated carbocycles. The van der Waals surface area contributed by atoms with Crippen molar-refractivity contribution >= 4 is 50.9 Å². The van der Waals surface area contributed by atoms with E-state index in [-0.39, 0.29) is 0 Å². The zero-order valence-corrected chi connectivity index (χ0v) is 18.7. The molecule has 1 aliphatic carbocycles. The van der Waals surface area contributed by atoms with Crippen LogP contribution in [0.5, 0.6) is 0 Å². The summed E-state index contributed by atoms with van der Waals surface area (Å²) in [7, 11) is 1.99. The van der Waals surface area contributed by atoms with Crippen LogP contribution in [0, 0.1) is 13.1 Å². The molecular formula is C21H25I2N. The Morgan fingerprint density at radius 1 is 0.917 bits per heavy atom. The molecule has 0 amide bonds. The van der Waals surface area contributed by atoms with Crippen LogP contribution in [0.3, 0.4) is 0 Å². The first kappa shape index (κ1) is 18.5. The Morgan fingerprint density at radius 2 is 1.50 bits per heavy atom. The number of anilines is 1. The normalized spacial score (nSPS) is 20.8. The number of hydrogen-bond acceptors (Lipinski definition) is 1. The third kappa shape index (κ3) is 4.09. The van der Waals surface area contributed by atoms with E-state index in [1.165, 1.54) is 61.6 Å². The molecule has 2 aromatic rings. The molecule has 0 aliphatic heterocycles. The van der Waals surface area contributed by atoms with Gasteiger partial charge in [0.05, 0.1) is 5.69 Å². The van der Waals surface area contributed by atoms with Gasteiger partial charge in [0.2, 0.25) is 0 Å². The topological polar surface area (TPSA) is 12.0 Å². The summed E-state index contributed by atoms with van der Waals surface area (Å²) in [5.74, 6) is 1.74. The van der Waals surface area contributed by atoms with Crippen molar-refractivity contribution in [2.75, 3.05) is 12.4 Å². The van der Waals surface area contributed by atoms with Crippen molar-refractivity contribution in [1.29, 1.82) is 0 Å². The van der Waals surface area contributed by atoms with Crippen molar-refractivity contribution in [3.63, 3.8) is 0 Å². The Morgan fingerprint density at radius 3 is 2.00 bits per heavy atom. The maximum atomic E-state index is 3.29. The van der Waals surface area contributed by atoms with E-state index in [1.807, 2.05) is 7.05 Å². The highest BCUT2D eigenvalue weighted by Crippen LogP contribution is 2.38. The molecule has 128 valence electrons. The maximum absolute atomic E-state index is 3.29. The molecule has 24 heavy (non-hydrogen) atoms. The lowest BCUT2D eigenvalue weighted by atomic mass is 9.77. The van der Waals surface area contributed by atoms with Gasteiger partial charge in [0.1, 0.15) is 0 Å². The van der Waals surface area contributed by atoms with E-state index in [0.717, 1.165) is 11.8 Å². The Bertz CT molecular complexity index is 662. The predicted molar refractivity (Wildman–Crippen MR) is 122 cm³/mol. The second-order valence-electron chi connectivity index (χ2n) is 6.81. The lowest BCUT2D eigenvalue weighted by Gasteiger charge is -2.28. The standard InChI is InChI=1S/C21H25I2N/c1-3-14-4-6-15(7-5-14)16-8-10-17(11-9-16)18-12-19(22)21(24-2)20(23)13-18/h8-15,24H,3-7H2,1-2H3. The fourth-order valence-electron chi connectivity index (χ4n) is 3.83. The van der Waals surface area contributed by atoms with Crippen molar-refractivity contribution in [1.82, 2.24) is 0 Å². The summed E-state index contributed by atoms with van der Waals surface area (Å²) < 4.78 is 2.55. The molecule has 3 heteroatoms. The second kappa shape index (κ2) is 8.39. The molecule has 0 spiro atoms. The molecule has 0 atom stereocenters. The monoisotopic (exact) mass is 545 g/mol. The summed E-state index contributed by atoms with van der Waals surface area (Å²) in [5.41, 5.74) is 5.39. The molecule has 1 N–H and O–H groups in total. The summed E-state index contributed by atoms with van der Waals surface area (Å²) in [5, 5.41) is 3.29. The third-order valence-electron chi connectivity index (χ3n) is 5.43. The number of benzene rings is 2. The Hall–Kier alpha value is -0.300. The average molecular weight is 545 g/mol. The van der Waals surface area contributed by atoms with Gasteiger partial charge in [-0.15, -0.1) is 0 Å². The van der Waals surface area contributed by atoms with Crippen LogP contribution in [0.4, 0.5) is 5.69 Å². The maximum Gasteiger partial charge on any atom is 0.0609 e. The quantitative estimate of drug-likeness (QED) is 0.398. The van der Waals surface area contributed by atoms with Crippen LogP contribution >= 0.6 is 45.2 Å². The minimum absolute atomic E-state index is 0.772. The molecule has 3 rings (SSSR count). The number of rotatable bonds is 4. The summed E-state index contributed by atoms with van der Waals surface area (Å²) >= 11 is 4.84. The van der Waals surface area contributed by atoms with Crippen molar-refractivity contribution in [3.8, 4) is 11.1 Å². The molecule has 1 fully saturated rings. The summed E-state index contributed by atoms with van der Waals surface area (Å²) in [4.78, 5) is 0. The summed E-state index contributed by atoms with van der Waals surface area (Å²) in [6.45, 7) is 2.34. The van der Waals surface area contributed by atoms with Crippen LogP contribution < -0.4 is 5.32 Å². The first-order valence-electron chi connectivity index (χ1n) is 8.89. The molecule has 0 bridgehead atoms. The summed E-state index contributed by atoms with van der Waals surface area (Å²) in [6.07, 6.45) is 6.90. The van der Waals surface area contributed by atoms with E-state index in [9.17, 15) is 0 Å². The predicted octanol–water partition coefficient (Wildman–Crippen LogP) is 7.29. The lowest BCUT2D eigenvalue weighted by Crippen LogP contribution is -2.12. The minimum atomic E-state index is 0.772. The van der Waals surface area contributed by atoms with Gasteiger partial charge in [-0.3, -0.25) is 0 Å². The molecule has 0 heterocycles. The molecule has 0 aromatic heterocycles. The van der Waals surface area contributed by atoms with E-state index in [4.69, 9.17) is 0 Å². The van der Waals surface area contributed by atoms with Crippen LogP contribution in [0.25, 0.3) is 11.1 Å². The summed E-state index contributed by atoms with van der Waals surface area (Å²) in [6, 6.07) is 13.9. The van der Waals surface area contributed by atoms with Crippen LogP contribution in [0.2, 0.25) is 0 Å². The van der Waals surface area contributed by atoms with Gasteiger partial charge in [-0.2, -0.15) is 0 Å². The van der Waals surface area contributed by atoms with Gasteiger partial charge in [0.25, 0.3) is 0 Å². The molecule has 1 aliphatic rings. The van der Waals surface area contributed by atoms with Crippen LogP contribution in [0.1, 0.15) is 50.5 Å². The van der Waals surface area contributed by atoms with Gasteiger partial charge in [0, 0.05) is 14.2 Å². The minimum Gasteiger partial charge on any atom is -0.386 e. The highest BCUT2D eigenvalue weighted by atomic mass is 127. The van der Waals surface area contributed by atoms with Crippen LogP contribution in [0.15, 0.2) is 36.4 Å². The van der Waals surface area contributed by atoms with Gasteiger partial charge in [-0.25, -0.2) is 0 Å². The van der Waals surface area contributed by atoms with E-state index in [0.29, 0.717) is 0 Å². The molecule has 2 aromatic carbocycles. The highest BCUT2D eigenvalue weighted by Gasteiger charge is 2.21. The number of nitrogens with one attached hydrogen (secondary N) is 1. The first-order valence-corrected chi connectivity index (χ1v) is 11.0. The lowest BCUT2D eigenvalue weighted by molar-refractivity contribution is 0.319. The van der Waals surface area contributed by atoms with Crippen LogP contribution in [-0.4, -0.2) is 7.05 Å². The third-order valence-corrected chi connectivity index (χ3v) is 7.13. The van der Waals surface area contributed by atoms with Crippen molar-refractivity contribution < 1.29 is 0 Å². The molecular weight excluding hydrogens is 520 g/mol. The van der Waals surface area contributed by atoms with Gasteiger partial charge >= 0.3 is 0 Å². The number of halogens is 2. The zero-order chi connectivity index (χ0) is 17.1. The van der Waals surface area contributed by atoms with Crippen molar-refractivity contribution in [2.45, 2.75) is 44.9 Å². The van der Waals surface area contributed by atoms with E-state index in [2.05, 4.69) is 93.8 Å². The first-order chi connectivity index (χ1) is 11.6. The molecule has 0 saturated heterocycles. The van der Waals surface area contributed by atoms with Gasteiger partial charge in [-0.05, 0) is 112 Å². The van der Waals surface area contributed by atoms with E-state index < -0.39 is 0 Å². The smallest absolute Gasteiger partial charge is 0.0609 e.